The van der Waals surface area contributed by atoms with E-state index in [0.29, 0.717) is 13.0 Å². The fourth-order valence-electron chi connectivity index (χ4n) is 1.82. The predicted molar refractivity (Wildman–Crippen MR) is 74.3 cm³/mol. The highest BCUT2D eigenvalue weighted by Crippen LogP contribution is 2.04. The van der Waals surface area contributed by atoms with Crippen LogP contribution >= 0.6 is 0 Å². The molecule has 1 N–H and O–H groups in total. The molecule has 106 valence electrons. The number of rotatable bonds is 9. The summed E-state index contributed by atoms with van der Waals surface area (Å²) in [6, 6.07) is 0.204. The molecule has 4 heteroatoms. The summed E-state index contributed by atoms with van der Waals surface area (Å²) >= 11 is 0. The van der Waals surface area contributed by atoms with Gasteiger partial charge in [0, 0.05) is 32.5 Å². The van der Waals surface area contributed by atoms with Gasteiger partial charge < -0.3 is 10.2 Å². The van der Waals surface area contributed by atoms with Crippen LogP contribution in [-0.2, 0) is 9.59 Å². The molecule has 18 heavy (non-hydrogen) atoms. The van der Waals surface area contributed by atoms with E-state index in [1.54, 1.807) is 11.8 Å². The van der Waals surface area contributed by atoms with Crippen molar-refractivity contribution in [2.24, 2.45) is 0 Å². The molecule has 0 aliphatic carbocycles. The predicted octanol–water partition coefficient (Wildman–Crippen LogP) is 2.33. The van der Waals surface area contributed by atoms with Crippen LogP contribution in [0, 0.1) is 0 Å². The molecule has 0 fully saturated rings. The third-order valence-corrected chi connectivity index (χ3v) is 3.21. The minimum atomic E-state index is 0.0423. The topological polar surface area (TPSA) is 49.4 Å². The van der Waals surface area contributed by atoms with Gasteiger partial charge >= 0.3 is 0 Å². The van der Waals surface area contributed by atoms with E-state index in [9.17, 15) is 9.59 Å². The van der Waals surface area contributed by atoms with Crippen LogP contribution in [0.1, 0.15) is 59.8 Å². The van der Waals surface area contributed by atoms with Crippen molar-refractivity contribution in [2.75, 3.05) is 13.1 Å². The number of nitrogens with one attached hydrogen (secondary N) is 1. The molecule has 0 bridgehead atoms. The first-order valence-corrected chi connectivity index (χ1v) is 7.06. The van der Waals surface area contributed by atoms with Gasteiger partial charge in [-0.2, -0.15) is 0 Å². The molecule has 0 saturated carbocycles. The minimum absolute atomic E-state index is 0.0423. The number of carbonyl (C=O) groups is 2. The highest BCUT2D eigenvalue weighted by molar-refractivity contribution is 5.78. The smallest absolute Gasteiger partial charge is 0.221 e. The van der Waals surface area contributed by atoms with E-state index in [0.717, 1.165) is 32.2 Å². The molecule has 0 aromatic carbocycles. The van der Waals surface area contributed by atoms with Crippen molar-refractivity contribution in [1.82, 2.24) is 10.2 Å². The molecule has 1 unspecified atom stereocenters. The Morgan fingerprint density at radius 2 is 1.89 bits per heavy atom. The summed E-state index contributed by atoms with van der Waals surface area (Å²) < 4.78 is 0. The largest absolute Gasteiger partial charge is 0.356 e. The average molecular weight is 256 g/mol. The van der Waals surface area contributed by atoms with Crippen LogP contribution < -0.4 is 5.32 Å². The van der Waals surface area contributed by atoms with Crippen LogP contribution in [0.3, 0.4) is 0 Å². The van der Waals surface area contributed by atoms with E-state index in [2.05, 4.69) is 12.2 Å². The Hall–Kier alpha value is -1.06. The molecule has 0 spiro atoms. The van der Waals surface area contributed by atoms with E-state index in [-0.39, 0.29) is 17.9 Å². The van der Waals surface area contributed by atoms with Gasteiger partial charge in [0.1, 0.15) is 0 Å². The average Bonchev–Trinajstić information content (AvgIpc) is 2.34. The zero-order valence-electron chi connectivity index (χ0n) is 12.3. The normalized spacial score (nSPS) is 12.0. The van der Waals surface area contributed by atoms with Crippen LogP contribution in [0.15, 0.2) is 0 Å². The summed E-state index contributed by atoms with van der Waals surface area (Å²) in [5, 5.41) is 2.89. The highest BCUT2D eigenvalue weighted by Gasteiger charge is 2.15. The van der Waals surface area contributed by atoms with Gasteiger partial charge in [0.15, 0.2) is 0 Å². The van der Waals surface area contributed by atoms with Crippen molar-refractivity contribution in [3.8, 4) is 0 Å². The number of nitrogens with zero attached hydrogens (tertiary/aromatic N) is 1. The Morgan fingerprint density at radius 1 is 1.22 bits per heavy atom. The number of amides is 2. The van der Waals surface area contributed by atoms with Gasteiger partial charge in [-0.15, -0.1) is 0 Å². The molecular formula is C14H28N2O2. The van der Waals surface area contributed by atoms with Gasteiger partial charge in [0.2, 0.25) is 11.8 Å². The lowest BCUT2D eigenvalue weighted by Crippen LogP contribution is -2.39. The SMILES string of the molecule is CCCCCNC(=O)CCN(C(C)=O)C(C)CC. The van der Waals surface area contributed by atoms with Crippen molar-refractivity contribution in [1.29, 1.82) is 0 Å². The Bertz CT molecular complexity index is 254. The lowest BCUT2D eigenvalue weighted by Gasteiger charge is -2.27. The summed E-state index contributed by atoms with van der Waals surface area (Å²) in [6.07, 6.45) is 4.65. The Kier molecular flexibility index (Phi) is 9.33. The first-order chi connectivity index (χ1) is 8.52. The van der Waals surface area contributed by atoms with Crippen molar-refractivity contribution in [2.45, 2.75) is 65.8 Å². The van der Waals surface area contributed by atoms with E-state index in [1.807, 2.05) is 13.8 Å². The molecule has 0 rings (SSSR count). The fraction of sp³-hybridized carbons (Fsp3) is 0.857. The van der Waals surface area contributed by atoms with Gasteiger partial charge in [0.05, 0.1) is 0 Å². The molecule has 0 saturated heterocycles. The van der Waals surface area contributed by atoms with Gasteiger partial charge in [-0.05, 0) is 19.8 Å². The maximum Gasteiger partial charge on any atom is 0.221 e. The Morgan fingerprint density at radius 3 is 2.39 bits per heavy atom. The maximum atomic E-state index is 11.6. The number of unbranched alkanes of at least 4 members (excludes halogenated alkanes) is 2. The zero-order chi connectivity index (χ0) is 14.0. The fourth-order valence-corrected chi connectivity index (χ4v) is 1.82. The number of hydrogen-bond acceptors (Lipinski definition) is 2. The molecule has 0 aliphatic heterocycles. The Balaban J connectivity index is 3.89. The van der Waals surface area contributed by atoms with E-state index < -0.39 is 0 Å². The quantitative estimate of drug-likeness (QED) is 0.644. The number of carbonyl (C=O) groups excluding carboxylic acids is 2. The summed E-state index contributed by atoms with van der Waals surface area (Å²) in [5.74, 6) is 0.0868. The van der Waals surface area contributed by atoms with Crippen LogP contribution in [-0.4, -0.2) is 35.8 Å². The van der Waals surface area contributed by atoms with E-state index in [4.69, 9.17) is 0 Å². The maximum absolute atomic E-state index is 11.6. The molecule has 0 aromatic heterocycles. The molecule has 2 amide bonds. The lowest BCUT2D eigenvalue weighted by atomic mass is 10.2. The van der Waals surface area contributed by atoms with Crippen molar-refractivity contribution in [3.63, 3.8) is 0 Å². The first kappa shape index (κ1) is 16.9. The van der Waals surface area contributed by atoms with Gasteiger partial charge in [-0.3, -0.25) is 9.59 Å². The van der Waals surface area contributed by atoms with Crippen LogP contribution in [0.4, 0.5) is 0 Å². The van der Waals surface area contributed by atoms with Gasteiger partial charge in [-0.1, -0.05) is 26.7 Å². The number of hydrogen-bond donors (Lipinski definition) is 1. The van der Waals surface area contributed by atoms with E-state index in [1.165, 1.54) is 0 Å². The monoisotopic (exact) mass is 256 g/mol. The van der Waals surface area contributed by atoms with Crippen LogP contribution in [0.2, 0.25) is 0 Å². The van der Waals surface area contributed by atoms with Gasteiger partial charge in [-0.25, -0.2) is 0 Å². The molecule has 1 atom stereocenters. The third-order valence-electron chi connectivity index (χ3n) is 3.21. The lowest BCUT2D eigenvalue weighted by molar-refractivity contribution is -0.131. The summed E-state index contributed by atoms with van der Waals surface area (Å²) in [4.78, 5) is 24.8. The molecule has 4 nitrogen and oxygen atoms in total. The van der Waals surface area contributed by atoms with Crippen LogP contribution in [0.25, 0.3) is 0 Å². The molecular weight excluding hydrogens is 228 g/mol. The first-order valence-electron chi connectivity index (χ1n) is 7.06. The van der Waals surface area contributed by atoms with Gasteiger partial charge in [0.25, 0.3) is 0 Å². The van der Waals surface area contributed by atoms with Crippen molar-refractivity contribution >= 4 is 11.8 Å². The van der Waals surface area contributed by atoms with Crippen molar-refractivity contribution < 1.29 is 9.59 Å². The molecule has 0 aliphatic rings. The highest BCUT2D eigenvalue weighted by atomic mass is 16.2. The van der Waals surface area contributed by atoms with E-state index >= 15 is 0 Å². The molecule has 0 aromatic rings. The summed E-state index contributed by atoms with van der Waals surface area (Å²) in [5.41, 5.74) is 0. The summed E-state index contributed by atoms with van der Waals surface area (Å²) in [7, 11) is 0. The standard InChI is InChI=1S/C14H28N2O2/c1-5-7-8-10-15-14(18)9-11-16(13(4)17)12(3)6-2/h12H,5-11H2,1-4H3,(H,15,18). The molecule has 0 radical (unpaired) electrons. The Labute approximate surface area is 111 Å². The third kappa shape index (κ3) is 7.30. The summed E-state index contributed by atoms with van der Waals surface area (Å²) in [6.45, 7) is 9.02. The van der Waals surface area contributed by atoms with Crippen molar-refractivity contribution in [3.05, 3.63) is 0 Å². The zero-order valence-corrected chi connectivity index (χ0v) is 12.3. The second-order valence-electron chi connectivity index (χ2n) is 4.78. The molecule has 0 heterocycles. The minimum Gasteiger partial charge on any atom is -0.356 e. The van der Waals surface area contributed by atoms with Crippen LogP contribution in [0.5, 0.6) is 0 Å². The second kappa shape index (κ2) is 9.92. The second-order valence-corrected chi connectivity index (χ2v) is 4.78.